The van der Waals surface area contributed by atoms with Crippen LogP contribution in [0, 0.1) is 0 Å². The average molecular weight is 1040 g/mol. The molecular formula is C70H119NO4. The summed E-state index contributed by atoms with van der Waals surface area (Å²) < 4.78 is 0. The van der Waals surface area contributed by atoms with E-state index in [2.05, 4.69) is 57.2 Å². The van der Waals surface area contributed by atoms with Crippen LogP contribution in [0.25, 0.3) is 0 Å². The zero-order chi connectivity index (χ0) is 55.3. The Bertz CT molecular complexity index is 1640. The Morgan fingerprint density at radius 3 is 0.773 bits per heavy atom. The first-order chi connectivity index (χ1) is 36.7. The molecule has 0 radical (unpaired) electrons. The van der Waals surface area contributed by atoms with Gasteiger partial charge in [0.05, 0.1) is 0 Å². The minimum absolute atomic E-state index is 0.0956. The minimum atomic E-state index is -0.572. The van der Waals surface area contributed by atoms with Crippen LogP contribution in [0.5, 0.6) is 0 Å². The maximum absolute atomic E-state index is 14.8. The quantitative estimate of drug-likeness (QED) is 0.0263. The first-order valence-corrected chi connectivity index (χ1v) is 31.9. The van der Waals surface area contributed by atoms with E-state index in [-0.39, 0.29) is 18.6 Å². The van der Waals surface area contributed by atoms with E-state index in [1.54, 1.807) is 13.0 Å². The molecule has 0 bridgehead atoms. The van der Waals surface area contributed by atoms with Crippen LogP contribution in [0.1, 0.15) is 325 Å². The van der Waals surface area contributed by atoms with Crippen LogP contribution in [0.2, 0.25) is 0 Å². The number of rotatable bonds is 51. The Morgan fingerprint density at radius 2 is 0.493 bits per heavy atom. The number of hydrogen-bond acceptors (Lipinski definition) is 4. The number of carbonyl (C=O) groups excluding carboxylic acids is 4. The highest BCUT2D eigenvalue weighted by atomic mass is 16.2. The summed E-state index contributed by atoms with van der Waals surface area (Å²) in [6.45, 7) is 16.2. The predicted molar refractivity (Wildman–Crippen MR) is 329 cm³/mol. The van der Waals surface area contributed by atoms with Crippen molar-refractivity contribution < 1.29 is 19.2 Å². The van der Waals surface area contributed by atoms with Crippen LogP contribution < -0.4 is 0 Å². The van der Waals surface area contributed by atoms with E-state index in [4.69, 9.17) is 0 Å². The van der Waals surface area contributed by atoms with Gasteiger partial charge in [0, 0.05) is 30.4 Å². The summed E-state index contributed by atoms with van der Waals surface area (Å²) in [4.78, 5) is 58.0. The highest BCUT2D eigenvalue weighted by molar-refractivity contribution is 6.18. The smallest absolute Gasteiger partial charge is 0.267 e. The van der Waals surface area contributed by atoms with Crippen LogP contribution in [0.3, 0.4) is 0 Å². The van der Waals surface area contributed by atoms with Gasteiger partial charge in [-0.15, -0.1) is 0 Å². The van der Waals surface area contributed by atoms with Gasteiger partial charge in [-0.1, -0.05) is 242 Å². The molecule has 0 aromatic rings. The van der Waals surface area contributed by atoms with Gasteiger partial charge in [0.2, 0.25) is 11.8 Å². The molecule has 0 aromatic carbocycles. The fourth-order valence-corrected chi connectivity index (χ4v) is 10.1. The lowest BCUT2D eigenvalue weighted by molar-refractivity contribution is -0.152. The van der Waals surface area contributed by atoms with Gasteiger partial charge < -0.3 is 0 Å². The summed E-state index contributed by atoms with van der Waals surface area (Å²) in [6, 6.07) is 0. The van der Waals surface area contributed by atoms with Gasteiger partial charge in [-0.2, -0.15) is 0 Å². The molecule has 0 atom stereocenters. The number of amides is 3. The third kappa shape index (κ3) is 37.8. The van der Waals surface area contributed by atoms with Gasteiger partial charge in [-0.05, 0) is 148 Å². The summed E-state index contributed by atoms with van der Waals surface area (Å²) >= 11 is 0. The van der Waals surface area contributed by atoms with Gasteiger partial charge in [0.15, 0.2) is 5.78 Å². The molecule has 0 saturated heterocycles. The fraction of sp³-hybridized carbons (Fsp3) is 0.714. The van der Waals surface area contributed by atoms with Crippen molar-refractivity contribution in [3.63, 3.8) is 0 Å². The predicted octanol–water partition coefficient (Wildman–Crippen LogP) is 22.3. The lowest BCUT2D eigenvalue weighted by atomic mass is 9.84. The molecule has 5 nitrogen and oxygen atoms in total. The largest absolute Gasteiger partial charge is 0.294 e. The first kappa shape index (κ1) is 71.4. The SMILES string of the molecule is CC=C(C(=O)CCCCCCC/C=C\CCCCCCCC)C(=CC)C(=CC)C(=CC)C(=CC)C(=O)N(C(=O)CCCCCCC/C=C\CCCCCCCC)C(=O)CCCCCCC/C=C\CCCCCCCC. The molecule has 0 aromatic heterocycles. The summed E-state index contributed by atoms with van der Waals surface area (Å²) in [5, 5.41) is 0. The van der Waals surface area contributed by atoms with E-state index in [1.165, 1.54) is 148 Å². The number of unbranched alkanes of at least 4 members (excludes halogenated alkanes) is 33. The number of nitrogens with zero attached hydrogens (tertiary/aromatic N) is 1. The second-order valence-corrected chi connectivity index (χ2v) is 21.4. The first-order valence-electron chi connectivity index (χ1n) is 31.9. The maximum atomic E-state index is 14.8. The molecule has 0 aliphatic rings. The van der Waals surface area contributed by atoms with Gasteiger partial charge in [-0.25, -0.2) is 4.90 Å². The van der Waals surface area contributed by atoms with Crippen molar-refractivity contribution in [1.82, 2.24) is 4.90 Å². The third-order valence-corrected chi connectivity index (χ3v) is 14.8. The third-order valence-electron chi connectivity index (χ3n) is 14.8. The van der Waals surface area contributed by atoms with E-state index in [0.29, 0.717) is 36.0 Å². The van der Waals surface area contributed by atoms with Crippen LogP contribution in [0.15, 0.2) is 94.7 Å². The molecule has 0 heterocycles. The summed E-state index contributed by atoms with van der Waals surface area (Å²) in [5.74, 6) is -1.30. The minimum Gasteiger partial charge on any atom is -0.294 e. The standard InChI is InChI=1S/C70H119NO4/c1-9-17-20-23-26-29-32-35-38-41-44-47-50-53-56-59-67(72)65(15-7)63(13-5)62(12-4)64(14-6)66(16-8)70(75)71(68(73)60-57-54-51-48-45-42-39-36-33-30-27-24-21-18-10-2)69(74)61-58-55-52-49-46-43-40-37-34-31-28-25-22-19-11-3/h12-16,35-40H,9-11,17-34,41-61H2,1-8H3/b38-35-,39-36-,40-37-,62-12?,63-13?,64-14?,65-15?,66-16?. The highest BCUT2D eigenvalue weighted by Gasteiger charge is 2.32. The van der Waals surface area contributed by atoms with Crippen LogP contribution in [-0.4, -0.2) is 28.4 Å². The molecule has 5 heteroatoms. The number of ketones is 1. The number of Topliss-reactive ketones (excluding diaryl/α,β-unsaturated/α-hetero) is 1. The second kappa shape index (κ2) is 53.8. The molecule has 0 saturated carbocycles. The van der Waals surface area contributed by atoms with E-state index >= 15 is 0 Å². The van der Waals surface area contributed by atoms with Crippen molar-refractivity contribution in [2.24, 2.45) is 0 Å². The summed E-state index contributed by atoms with van der Waals surface area (Å²) in [6.07, 6.45) is 70.0. The van der Waals surface area contributed by atoms with Crippen LogP contribution in [-0.2, 0) is 19.2 Å². The monoisotopic (exact) mass is 1040 g/mol. The van der Waals surface area contributed by atoms with E-state index < -0.39 is 17.7 Å². The number of carbonyl (C=O) groups is 4. The van der Waals surface area contributed by atoms with Crippen molar-refractivity contribution >= 4 is 23.5 Å². The number of imide groups is 3. The molecule has 0 aliphatic carbocycles. The van der Waals surface area contributed by atoms with Gasteiger partial charge >= 0.3 is 0 Å². The van der Waals surface area contributed by atoms with Crippen LogP contribution >= 0.6 is 0 Å². The molecule has 0 fully saturated rings. The average Bonchev–Trinajstić information content (AvgIpc) is 3.41. The Hall–Kier alpha value is -3.60. The van der Waals surface area contributed by atoms with Crippen molar-refractivity contribution in [3.8, 4) is 0 Å². The number of hydrogen-bond donors (Lipinski definition) is 0. The van der Waals surface area contributed by atoms with Crippen LogP contribution in [0.4, 0.5) is 0 Å². The Kier molecular flexibility index (Phi) is 51.2. The molecule has 0 N–H and O–H groups in total. The Balaban J connectivity index is 5.62. The van der Waals surface area contributed by atoms with Crippen molar-refractivity contribution in [1.29, 1.82) is 0 Å². The van der Waals surface area contributed by atoms with Crippen molar-refractivity contribution in [3.05, 3.63) is 94.7 Å². The lowest BCUT2D eigenvalue weighted by Crippen LogP contribution is -2.43. The van der Waals surface area contributed by atoms with Crippen molar-refractivity contribution in [2.45, 2.75) is 325 Å². The number of allylic oxidation sites excluding steroid dienone is 14. The molecular weight excluding hydrogens is 919 g/mol. The zero-order valence-corrected chi connectivity index (χ0v) is 50.6. The van der Waals surface area contributed by atoms with Gasteiger partial charge in [0.25, 0.3) is 5.91 Å². The molecule has 75 heavy (non-hydrogen) atoms. The maximum Gasteiger partial charge on any atom is 0.267 e. The van der Waals surface area contributed by atoms with Gasteiger partial charge in [-0.3, -0.25) is 19.2 Å². The molecule has 0 aliphatic heterocycles. The normalized spacial score (nSPS) is 13.1. The highest BCUT2D eigenvalue weighted by Crippen LogP contribution is 2.33. The summed E-state index contributed by atoms with van der Waals surface area (Å²) in [7, 11) is 0. The molecule has 0 unspecified atom stereocenters. The van der Waals surface area contributed by atoms with E-state index in [9.17, 15) is 19.2 Å². The van der Waals surface area contributed by atoms with E-state index in [1.807, 2.05) is 52.0 Å². The molecule has 428 valence electrons. The summed E-state index contributed by atoms with van der Waals surface area (Å²) in [5.41, 5.74) is 3.09. The van der Waals surface area contributed by atoms with Crippen molar-refractivity contribution in [2.75, 3.05) is 0 Å². The molecule has 0 rings (SSSR count). The Labute approximate surface area is 465 Å². The zero-order valence-electron chi connectivity index (χ0n) is 50.6. The van der Waals surface area contributed by atoms with Gasteiger partial charge in [0.1, 0.15) is 0 Å². The molecule has 3 amide bonds. The Morgan fingerprint density at radius 1 is 0.267 bits per heavy atom. The lowest BCUT2D eigenvalue weighted by Gasteiger charge is -2.24. The van der Waals surface area contributed by atoms with E-state index in [0.717, 1.165) is 106 Å². The topological polar surface area (TPSA) is 71.5 Å². The molecule has 0 spiro atoms. The second-order valence-electron chi connectivity index (χ2n) is 21.4. The fourth-order valence-electron chi connectivity index (χ4n) is 10.1.